The van der Waals surface area contributed by atoms with Crippen LogP contribution in [0.2, 0.25) is 0 Å². The van der Waals surface area contributed by atoms with Crippen molar-refractivity contribution in [3.63, 3.8) is 0 Å². The van der Waals surface area contributed by atoms with Crippen LogP contribution in [-0.4, -0.2) is 13.5 Å². The largest absolute Gasteiger partial charge is 0.508 e. The molecule has 0 saturated heterocycles. The van der Waals surface area contributed by atoms with E-state index in [0.717, 1.165) is 16.9 Å². The van der Waals surface area contributed by atoms with Gasteiger partial charge in [0.15, 0.2) is 0 Å². The number of aryl methyl sites for hydroxylation is 1. The van der Waals surface area contributed by atoms with Crippen LogP contribution in [0.5, 0.6) is 5.75 Å². The molecule has 0 fully saturated rings. The van der Waals surface area contributed by atoms with Gasteiger partial charge in [0.25, 0.3) is 0 Å². The lowest BCUT2D eigenvalue weighted by Crippen LogP contribution is -2.22. The molecule has 4 nitrogen and oxygen atoms in total. The van der Waals surface area contributed by atoms with Gasteiger partial charge in [-0.05, 0) is 36.2 Å². The number of hydrogen-bond donors (Lipinski definition) is 2. The van der Waals surface area contributed by atoms with Crippen LogP contribution in [0, 0.1) is 0 Å². The van der Waals surface area contributed by atoms with Crippen molar-refractivity contribution in [1.82, 2.24) is 4.72 Å². The Bertz CT molecular complexity index is 662. The number of sulfonamides is 1. The molecule has 0 amide bonds. The first-order valence-electron chi connectivity index (χ1n) is 5.87. The highest BCUT2D eigenvalue weighted by Gasteiger charge is 2.16. The topological polar surface area (TPSA) is 66.4 Å². The van der Waals surface area contributed by atoms with Gasteiger partial charge in [-0.15, -0.1) is 11.3 Å². The zero-order chi connectivity index (χ0) is 13.9. The Labute approximate surface area is 116 Å². The van der Waals surface area contributed by atoms with E-state index in [-0.39, 0.29) is 12.3 Å². The quantitative estimate of drug-likeness (QED) is 0.891. The van der Waals surface area contributed by atoms with Crippen LogP contribution in [-0.2, 0) is 23.0 Å². The fourth-order valence-electron chi connectivity index (χ4n) is 1.61. The highest BCUT2D eigenvalue weighted by molar-refractivity contribution is 7.91. The van der Waals surface area contributed by atoms with Gasteiger partial charge in [-0.25, -0.2) is 13.1 Å². The molecule has 2 aromatic rings. The minimum absolute atomic E-state index is 0.126. The van der Waals surface area contributed by atoms with Crippen LogP contribution < -0.4 is 4.72 Å². The summed E-state index contributed by atoms with van der Waals surface area (Å²) in [7, 11) is -3.47. The fraction of sp³-hybridized carbons (Fsp3) is 0.231. The Morgan fingerprint density at radius 1 is 1.26 bits per heavy atom. The van der Waals surface area contributed by atoms with E-state index in [4.69, 9.17) is 0 Å². The van der Waals surface area contributed by atoms with Gasteiger partial charge in [-0.2, -0.15) is 0 Å². The van der Waals surface area contributed by atoms with E-state index in [1.54, 1.807) is 24.3 Å². The Balaban J connectivity index is 2.09. The molecule has 2 N–H and O–H groups in total. The number of thiophene rings is 1. The summed E-state index contributed by atoms with van der Waals surface area (Å²) in [6.45, 7) is 2.15. The maximum Gasteiger partial charge on any atom is 0.250 e. The van der Waals surface area contributed by atoms with Crippen molar-refractivity contribution < 1.29 is 13.5 Å². The lowest BCUT2D eigenvalue weighted by molar-refractivity contribution is 0.474. The van der Waals surface area contributed by atoms with Crippen LogP contribution in [0.1, 0.15) is 17.4 Å². The molecule has 19 heavy (non-hydrogen) atoms. The molecule has 0 radical (unpaired) electrons. The average molecular weight is 297 g/mol. The molecule has 0 aliphatic rings. The molecule has 102 valence electrons. The molecule has 0 atom stereocenters. The second-order valence-electron chi connectivity index (χ2n) is 4.07. The van der Waals surface area contributed by atoms with E-state index in [9.17, 15) is 13.5 Å². The summed E-state index contributed by atoms with van der Waals surface area (Å²) in [5.41, 5.74) is 0.718. The van der Waals surface area contributed by atoms with E-state index < -0.39 is 10.0 Å². The SMILES string of the molecule is CCc1ccc(S(=O)(=O)NCc2cccc(O)c2)s1. The molecule has 2 rings (SSSR count). The minimum atomic E-state index is -3.47. The van der Waals surface area contributed by atoms with Crippen molar-refractivity contribution in [2.24, 2.45) is 0 Å². The Hall–Kier alpha value is -1.37. The van der Waals surface area contributed by atoms with Crippen LogP contribution in [0.3, 0.4) is 0 Å². The Morgan fingerprint density at radius 2 is 2.05 bits per heavy atom. The molecule has 1 heterocycles. The minimum Gasteiger partial charge on any atom is -0.508 e. The summed E-state index contributed by atoms with van der Waals surface area (Å²) in [5.74, 6) is 0.126. The number of nitrogens with one attached hydrogen (secondary N) is 1. The number of phenolic OH excluding ortho intramolecular Hbond substituents is 1. The number of benzene rings is 1. The fourth-order valence-corrected chi connectivity index (χ4v) is 3.97. The average Bonchev–Trinajstić information content (AvgIpc) is 2.86. The van der Waals surface area contributed by atoms with Gasteiger partial charge in [0.2, 0.25) is 10.0 Å². The summed E-state index contributed by atoms with van der Waals surface area (Å²) in [6.07, 6.45) is 0.826. The first-order valence-corrected chi connectivity index (χ1v) is 8.17. The predicted octanol–water partition coefficient (Wildman–Crippen LogP) is 2.49. The first-order chi connectivity index (χ1) is 9.01. The van der Waals surface area contributed by atoms with Crippen molar-refractivity contribution in [1.29, 1.82) is 0 Å². The Kier molecular flexibility index (Phi) is 4.24. The summed E-state index contributed by atoms with van der Waals surface area (Å²) < 4.78 is 27.0. The summed E-state index contributed by atoms with van der Waals surface area (Å²) in [6, 6.07) is 9.97. The maximum atomic E-state index is 12.1. The van der Waals surface area contributed by atoms with Gasteiger partial charge in [-0.3, -0.25) is 0 Å². The van der Waals surface area contributed by atoms with Crippen molar-refractivity contribution >= 4 is 21.4 Å². The van der Waals surface area contributed by atoms with Crippen LogP contribution in [0.25, 0.3) is 0 Å². The number of aromatic hydroxyl groups is 1. The van der Waals surface area contributed by atoms with E-state index >= 15 is 0 Å². The van der Waals surface area contributed by atoms with Crippen LogP contribution in [0.15, 0.2) is 40.6 Å². The monoisotopic (exact) mass is 297 g/mol. The van der Waals surface area contributed by atoms with E-state index in [1.807, 2.05) is 13.0 Å². The molecular weight excluding hydrogens is 282 g/mol. The lowest BCUT2D eigenvalue weighted by Gasteiger charge is -2.05. The smallest absolute Gasteiger partial charge is 0.250 e. The van der Waals surface area contributed by atoms with Crippen molar-refractivity contribution in [2.45, 2.75) is 24.1 Å². The third-order valence-corrected chi connectivity index (χ3v) is 5.75. The van der Waals surface area contributed by atoms with Gasteiger partial charge in [0, 0.05) is 11.4 Å². The molecule has 1 aromatic carbocycles. The molecule has 0 unspecified atom stereocenters. The van der Waals surface area contributed by atoms with E-state index in [2.05, 4.69) is 4.72 Å². The van der Waals surface area contributed by atoms with Gasteiger partial charge in [0.05, 0.1) is 0 Å². The van der Waals surface area contributed by atoms with Crippen molar-refractivity contribution in [2.75, 3.05) is 0 Å². The predicted molar refractivity (Wildman–Crippen MR) is 75.8 cm³/mol. The van der Waals surface area contributed by atoms with Crippen molar-refractivity contribution in [3.8, 4) is 5.75 Å². The summed E-state index contributed by atoms with van der Waals surface area (Å²) in [5, 5.41) is 9.32. The second kappa shape index (κ2) is 5.73. The van der Waals surface area contributed by atoms with E-state index in [0.29, 0.717) is 4.21 Å². The number of hydrogen-bond acceptors (Lipinski definition) is 4. The molecular formula is C13H15NO3S2. The summed E-state index contributed by atoms with van der Waals surface area (Å²) >= 11 is 1.28. The molecule has 0 bridgehead atoms. The molecule has 0 aliphatic carbocycles. The van der Waals surface area contributed by atoms with Crippen LogP contribution in [0.4, 0.5) is 0 Å². The van der Waals surface area contributed by atoms with Crippen LogP contribution >= 0.6 is 11.3 Å². The van der Waals surface area contributed by atoms with Gasteiger partial charge in [0.1, 0.15) is 9.96 Å². The van der Waals surface area contributed by atoms with Gasteiger partial charge in [-0.1, -0.05) is 19.1 Å². The second-order valence-corrected chi connectivity index (χ2v) is 7.23. The molecule has 6 heteroatoms. The third kappa shape index (κ3) is 3.56. The maximum absolute atomic E-state index is 12.1. The third-order valence-electron chi connectivity index (χ3n) is 2.63. The van der Waals surface area contributed by atoms with Crippen molar-refractivity contribution in [3.05, 3.63) is 46.8 Å². The standard InChI is InChI=1S/C13H15NO3S2/c1-2-12-6-7-13(18-12)19(16,17)14-9-10-4-3-5-11(15)8-10/h3-8,14-15H,2,9H2,1H3. The highest BCUT2D eigenvalue weighted by Crippen LogP contribution is 2.22. The number of rotatable bonds is 5. The number of phenols is 1. The van der Waals surface area contributed by atoms with E-state index in [1.165, 1.54) is 17.4 Å². The molecule has 0 saturated carbocycles. The normalized spacial score (nSPS) is 11.6. The first kappa shape index (κ1) is 14.0. The lowest BCUT2D eigenvalue weighted by atomic mass is 10.2. The zero-order valence-electron chi connectivity index (χ0n) is 10.5. The van der Waals surface area contributed by atoms with Gasteiger partial charge < -0.3 is 5.11 Å². The molecule has 0 spiro atoms. The molecule has 0 aliphatic heterocycles. The van der Waals surface area contributed by atoms with Gasteiger partial charge >= 0.3 is 0 Å². The zero-order valence-corrected chi connectivity index (χ0v) is 12.1. The Morgan fingerprint density at radius 3 is 2.68 bits per heavy atom. The molecule has 1 aromatic heterocycles. The highest BCUT2D eigenvalue weighted by atomic mass is 32.2. The summed E-state index contributed by atoms with van der Waals surface area (Å²) in [4.78, 5) is 1.04.